The molecule has 0 aliphatic rings. The van der Waals surface area contributed by atoms with Crippen molar-refractivity contribution in [3.05, 3.63) is 23.2 Å². The Balaban J connectivity index is 3.21. The van der Waals surface area contributed by atoms with Crippen molar-refractivity contribution >= 4 is 27.0 Å². The quantitative estimate of drug-likeness (QED) is 0.684. The number of rotatable bonds is 1. The molecular formula is C7H8ClFN2OS. The maximum atomic E-state index is 12.8. The molecule has 0 bridgehead atoms. The molecule has 0 amide bonds. The molecule has 13 heavy (non-hydrogen) atoms. The fraction of sp³-hybridized carbons (Fsp3) is 0.286. The Kier molecular flexibility index (Phi) is 2.87. The van der Waals surface area contributed by atoms with Crippen molar-refractivity contribution in [2.24, 2.45) is 4.36 Å². The maximum Gasteiger partial charge on any atom is 0.164 e. The molecule has 6 heteroatoms. The SMILES string of the molecule is CS(C)(=O)=Nc1cnc(Cl)c(F)c1. The summed E-state index contributed by atoms with van der Waals surface area (Å²) in [4.78, 5) is 3.53. The number of aromatic nitrogens is 1. The summed E-state index contributed by atoms with van der Waals surface area (Å²) >= 11 is 5.35. The molecule has 0 N–H and O–H groups in total. The summed E-state index contributed by atoms with van der Waals surface area (Å²) in [5.74, 6) is -0.661. The zero-order valence-electron chi connectivity index (χ0n) is 7.12. The molecule has 0 fully saturated rings. The molecule has 1 heterocycles. The smallest absolute Gasteiger partial charge is 0.164 e. The highest BCUT2D eigenvalue weighted by Crippen LogP contribution is 2.18. The van der Waals surface area contributed by atoms with Gasteiger partial charge in [-0.15, -0.1) is 0 Å². The summed E-state index contributed by atoms with van der Waals surface area (Å²) in [6, 6.07) is 1.10. The largest absolute Gasteiger partial charge is 0.250 e. The highest BCUT2D eigenvalue weighted by Gasteiger charge is 2.02. The van der Waals surface area contributed by atoms with E-state index in [1.165, 1.54) is 18.7 Å². The van der Waals surface area contributed by atoms with Crippen LogP contribution in [0.2, 0.25) is 5.15 Å². The number of halogens is 2. The van der Waals surface area contributed by atoms with Crippen molar-refractivity contribution in [2.75, 3.05) is 12.5 Å². The first kappa shape index (κ1) is 10.4. The normalized spacial score (nSPS) is 11.4. The average Bonchev–Trinajstić information content (AvgIpc) is 1.94. The predicted octanol–water partition coefficient (Wildman–Crippen LogP) is 2.23. The van der Waals surface area contributed by atoms with E-state index in [0.29, 0.717) is 0 Å². The van der Waals surface area contributed by atoms with E-state index in [2.05, 4.69) is 9.35 Å². The topological polar surface area (TPSA) is 42.3 Å². The Morgan fingerprint density at radius 2 is 2.23 bits per heavy atom. The van der Waals surface area contributed by atoms with Crippen LogP contribution in [0.3, 0.4) is 0 Å². The van der Waals surface area contributed by atoms with Crippen LogP contribution in [0, 0.1) is 5.82 Å². The Hall–Kier alpha value is -0.680. The highest BCUT2D eigenvalue weighted by molar-refractivity contribution is 7.92. The van der Waals surface area contributed by atoms with Gasteiger partial charge in [-0.2, -0.15) is 4.36 Å². The molecule has 0 saturated carbocycles. The second-order valence-electron chi connectivity index (χ2n) is 2.74. The van der Waals surface area contributed by atoms with Crippen LogP contribution in [-0.2, 0) is 9.73 Å². The summed E-state index contributed by atoms with van der Waals surface area (Å²) < 4.78 is 27.8. The molecular weight excluding hydrogens is 215 g/mol. The van der Waals surface area contributed by atoms with E-state index < -0.39 is 15.5 Å². The summed E-state index contributed by atoms with van der Waals surface area (Å²) in [5, 5.41) is -0.211. The van der Waals surface area contributed by atoms with Gasteiger partial charge in [0.15, 0.2) is 11.0 Å². The Morgan fingerprint density at radius 3 is 2.69 bits per heavy atom. The van der Waals surface area contributed by atoms with E-state index in [4.69, 9.17) is 11.6 Å². The lowest BCUT2D eigenvalue weighted by molar-refractivity contribution is 0.622. The highest BCUT2D eigenvalue weighted by atomic mass is 35.5. The van der Waals surface area contributed by atoms with Crippen molar-refractivity contribution in [3.63, 3.8) is 0 Å². The summed E-state index contributed by atoms with van der Waals surface area (Å²) in [7, 11) is -2.28. The van der Waals surface area contributed by atoms with Gasteiger partial charge in [0, 0.05) is 28.3 Å². The molecule has 72 valence electrons. The van der Waals surface area contributed by atoms with Crippen LogP contribution in [0.5, 0.6) is 0 Å². The van der Waals surface area contributed by atoms with Gasteiger partial charge >= 0.3 is 0 Å². The van der Waals surface area contributed by atoms with Gasteiger partial charge in [0.05, 0.1) is 11.9 Å². The summed E-state index contributed by atoms with van der Waals surface area (Å²) in [6.45, 7) is 0. The minimum atomic E-state index is -2.28. The summed E-state index contributed by atoms with van der Waals surface area (Å²) in [5.41, 5.74) is 0.233. The Labute approximate surface area is 81.1 Å². The average molecular weight is 223 g/mol. The van der Waals surface area contributed by atoms with Crippen molar-refractivity contribution in [1.82, 2.24) is 4.98 Å². The zero-order valence-corrected chi connectivity index (χ0v) is 8.69. The standard InChI is InChI=1S/C7H8ClFN2OS/c1-13(2,12)11-5-3-6(9)7(8)10-4-5/h3-4H,1-2H3. The first-order chi connectivity index (χ1) is 5.88. The summed E-state index contributed by atoms with van der Waals surface area (Å²) in [6.07, 6.45) is 4.19. The van der Waals surface area contributed by atoms with Gasteiger partial charge < -0.3 is 0 Å². The molecule has 3 nitrogen and oxygen atoms in total. The van der Waals surface area contributed by atoms with Crippen LogP contribution >= 0.6 is 11.6 Å². The van der Waals surface area contributed by atoms with Gasteiger partial charge in [0.25, 0.3) is 0 Å². The van der Waals surface area contributed by atoms with E-state index in [1.807, 2.05) is 0 Å². The fourth-order valence-electron chi connectivity index (χ4n) is 0.715. The zero-order chi connectivity index (χ0) is 10.1. The number of pyridine rings is 1. The van der Waals surface area contributed by atoms with Gasteiger partial charge in [-0.3, -0.25) is 0 Å². The van der Waals surface area contributed by atoms with E-state index in [1.54, 1.807) is 0 Å². The molecule has 0 spiro atoms. The van der Waals surface area contributed by atoms with Crippen LogP contribution < -0.4 is 0 Å². The number of hydrogen-bond donors (Lipinski definition) is 0. The molecule has 1 aromatic heterocycles. The van der Waals surface area contributed by atoms with Crippen molar-refractivity contribution < 1.29 is 8.60 Å². The van der Waals surface area contributed by atoms with Crippen LogP contribution in [0.15, 0.2) is 16.6 Å². The third-order valence-electron chi connectivity index (χ3n) is 1.11. The lowest BCUT2D eigenvalue weighted by Crippen LogP contribution is -1.90. The first-order valence-electron chi connectivity index (χ1n) is 3.37. The second-order valence-corrected chi connectivity index (χ2v) is 5.64. The lowest BCUT2D eigenvalue weighted by atomic mass is 10.4. The minimum Gasteiger partial charge on any atom is -0.250 e. The van der Waals surface area contributed by atoms with Gasteiger partial charge in [0.2, 0.25) is 0 Å². The van der Waals surface area contributed by atoms with Gasteiger partial charge in [-0.1, -0.05) is 11.6 Å². The van der Waals surface area contributed by atoms with E-state index in [0.717, 1.165) is 6.07 Å². The van der Waals surface area contributed by atoms with Gasteiger partial charge in [0.1, 0.15) is 0 Å². The Bertz CT molecular complexity index is 432. The maximum absolute atomic E-state index is 12.8. The van der Waals surface area contributed by atoms with Crippen LogP contribution in [-0.4, -0.2) is 21.7 Å². The van der Waals surface area contributed by atoms with Crippen molar-refractivity contribution in [3.8, 4) is 0 Å². The van der Waals surface area contributed by atoms with Crippen molar-refractivity contribution in [1.29, 1.82) is 0 Å². The Morgan fingerprint density at radius 1 is 1.62 bits per heavy atom. The number of hydrogen-bond acceptors (Lipinski definition) is 3. The van der Waals surface area contributed by atoms with Gasteiger partial charge in [-0.25, -0.2) is 13.6 Å². The lowest BCUT2D eigenvalue weighted by Gasteiger charge is -1.97. The molecule has 0 atom stereocenters. The third-order valence-corrected chi connectivity index (χ3v) is 2.04. The molecule has 0 aliphatic carbocycles. The van der Waals surface area contributed by atoms with Crippen molar-refractivity contribution in [2.45, 2.75) is 0 Å². The van der Waals surface area contributed by atoms with Crippen LogP contribution in [0.1, 0.15) is 0 Å². The van der Waals surface area contributed by atoms with Crippen LogP contribution in [0.25, 0.3) is 0 Å². The first-order valence-corrected chi connectivity index (χ1v) is 6.07. The predicted molar refractivity (Wildman–Crippen MR) is 51.3 cm³/mol. The van der Waals surface area contributed by atoms with Crippen LogP contribution in [0.4, 0.5) is 10.1 Å². The van der Waals surface area contributed by atoms with Gasteiger partial charge in [-0.05, 0) is 0 Å². The number of nitrogens with zero attached hydrogens (tertiary/aromatic N) is 2. The molecule has 0 aromatic carbocycles. The minimum absolute atomic E-state index is 0.211. The molecule has 0 radical (unpaired) electrons. The molecule has 1 aromatic rings. The molecule has 0 unspecified atom stereocenters. The van der Waals surface area contributed by atoms with E-state index in [9.17, 15) is 8.60 Å². The second kappa shape index (κ2) is 3.59. The van der Waals surface area contributed by atoms with E-state index in [-0.39, 0.29) is 10.8 Å². The monoisotopic (exact) mass is 222 g/mol. The fourth-order valence-corrected chi connectivity index (χ4v) is 1.43. The van der Waals surface area contributed by atoms with E-state index >= 15 is 0 Å². The third kappa shape index (κ3) is 3.28. The molecule has 1 rings (SSSR count). The molecule has 0 aliphatic heterocycles. The molecule has 0 saturated heterocycles.